The molecule has 2 N–H and O–H groups in total. The second-order valence-corrected chi connectivity index (χ2v) is 6.28. The molecule has 0 atom stereocenters. The highest BCUT2D eigenvalue weighted by atomic mass is 32.1. The highest BCUT2D eigenvalue weighted by molar-refractivity contribution is 7.12. The van der Waals surface area contributed by atoms with Crippen molar-refractivity contribution in [3.05, 3.63) is 51.2 Å². The molecule has 4 heteroatoms. The van der Waals surface area contributed by atoms with Gasteiger partial charge in [-0.1, -0.05) is 12.1 Å². The lowest BCUT2D eigenvalue weighted by molar-refractivity contribution is 0.611. The first-order valence-electron chi connectivity index (χ1n) is 6.38. The third-order valence-corrected chi connectivity index (χ3v) is 4.91. The molecule has 0 spiro atoms. The van der Waals surface area contributed by atoms with Gasteiger partial charge in [0.25, 0.3) is 0 Å². The Bertz CT molecular complexity index is 558. The smallest absolute Gasteiger partial charge is 0.123 e. The average molecular weight is 278 g/mol. The van der Waals surface area contributed by atoms with Crippen LogP contribution in [0.4, 0.5) is 4.39 Å². The highest BCUT2D eigenvalue weighted by Crippen LogP contribution is 2.35. The molecule has 0 aliphatic heterocycles. The zero-order chi connectivity index (χ0) is 14.0. The number of nitrogens with two attached hydrogens (primary N) is 1. The average Bonchev–Trinajstić information content (AvgIpc) is 2.73. The fourth-order valence-electron chi connectivity index (χ4n) is 2.05. The van der Waals surface area contributed by atoms with Gasteiger partial charge >= 0.3 is 0 Å². The second-order valence-electron chi connectivity index (χ2n) is 5.20. The van der Waals surface area contributed by atoms with Crippen LogP contribution in [0.5, 0.6) is 0 Å². The van der Waals surface area contributed by atoms with Crippen LogP contribution in [0.1, 0.15) is 35.0 Å². The number of hydrogen-bond donors (Lipinski definition) is 1. The fourth-order valence-corrected chi connectivity index (χ4v) is 3.25. The molecular weight excluding hydrogens is 259 g/mol. The first-order valence-corrected chi connectivity index (χ1v) is 7.19. The minimum absolute atomic E-state index is 0.210. The minimum Gasteiger partial charge on any atom is -0.330 e. The van der Waals surface area contributed by atoms with E-state index in [9.17, 15) is 4.39 Å². The topological polar surface area (TPSA) is 38.9 Å². The maximum absolute atomic E-state index is 13.0. The molecule has 102 valence electrons. The number of rotatable bonds is 4. The van der Waals surface area contributed by atoms with Crippen LogP contribution in [0.25, 0.3) is 0 Å². The van der Waals surface area contributed by atoms with Crippen LogP contribution in [0.15, 0.2) is 24.3 Å². The molecule has 19 heavy (non-hydrogen) atoms. The number of aromatic nitrogens is 1. The molecular formula is C15H19FN2S. The Labute approximate surface area is 117 Å². The van der Waals surface area contributed by atoms with Crippen molar-refractivity contribution >= 4 is 11.3 Å². The van der Waals surface area contributed by atoms with E-state index in [0.717, 1.165) is 22.7 Å². The summed E-state index contributed by atoms with van der Waals surface area (Å²) >= 11 is 1.71. The summed E-state index contributed by atoms with van der Waals surface area (Å²) in [4.78, 5) is 5.91. The lowest BCUT2D eigenvalue weighted by atomic mass is 9.85. The number of nitrogens with zero attached hydrogens (tertiary/aromatic N) is 1. The lowest BCUT2D eigenvalue weighted by Crippen LogP contribution is -2.18. The molecule has 2 nitrogen and oxygen atoms in total. The van der Waals surface area contributed by atoms with Gasteiger partial charge in [-0.3, -0.25) is 0 Å². The SMILES string of the molecule is Cc1nc(C(C)(C)c2ccc(F)cc2)sc1CCN. The molecule has 0 bridgehead atoms. The molecule has 0 fully saturated rings. The van der Waals surface area contributed by atoms with Crippen LogP contribution in [0.2, 0.25) is 0 Å². The van der Waals surface area contributed by atoms with Crippen molar-refractivity contribution in [3.8, 4) is 0 Å². The van der Waals surface area contributed by atoms with E-state index in [4.69, 9.17) is 5.73 Å². The predicted octanol–water partition coefficient (Wildman–Crippen LogP) is 3.42. The predicted molar refractivity (Wildman–Crippen MR) is 78.1 cm³/mol. The Balaban J connectivity index is 2.38. The monoisotopic (exact) mass is 278 g/mol. The normalized spacial score (nSPS) is 11.8. The molecule has 1 aromatic heterocycles. The van der Waals surface area contributed by atoms with Crippen molar-refractivity contribution in [2.75, 3.05) is 6.54 Å². The van der Waals surface area contributed by atoms with Crippen LogP contribution in [0.3, 0.4) is 0 Å². The van der Waals surface area contributed by atoms with Crippen molar-refractivity contribution in [3.63, 3.8) is 0 Å². The summed E-state index contributed by atoms with van der Waals surface area (Å²) in [6.07, 6.45) is 0.864. The van der Waals surface area contributed by atoms with Gasteiger partial charge in [-0.2, -0.15) is 0 Å². The van der Waals surface area contributed by atoms with Crippen LogP contribution < -0.4 is 5.73 Å². The Kier molecular flexibility index (Phi) is 4.02. The van der Waals surface area contributed by atoms with Gasteiger partial charge in [0.05, 0.1) is 5.69 Å². The van der Waals surface area contributed by atoms with Crippen molar-refractivity contribution < 1.29 is 4.39 Å². The van der Waals surface area contributed by atoms with Gasteiger partial charge < -0.3 is 5.73 Å². The number of benzene rings is 1. The first-order chi connectivity index (χ1) is 8.95. The summed E-state index contributed by atoms with van der Waals surface area (Å²) in [6.45, 7) is 6.89. The third-order valence-electron chi connectivity index (χ3n) is 3.36. The van der Waals surface area contributed by atoms with Crippen molar-refractivity contribution in [1.29, 1.82) is 0 Å². The van der Waals surface area contributed by atoms with Gasteiger partial charge in [0.2, 0.25) is 0 Å². The Morgan fingerprint density at radius 1 is 1.26 bits per heavy atom. The summed E-state index contributed by atoms with van der Waals surface area (Å²) in [7, 11) is 0. The van der Waals surface area contributed by atoms with Crippen LogP contribution in [0, 0.1) is 12.7 Å². The third kappa shape index (κ3) is 2.85. The highest BCUT2D eigenvalue weighted by Gasteiger charge is 2.27. The molecule has 0 aliphatic rings. The Morgan fingerprint density at radius 2 is 1.89 bits per heavy atom. The van der Waals surface area contributed by atoms with Gasteiger partial charge in [0.15, 0.2) is 0 Å². The lowest BCUT2D eigenvalue weighted by Gasteiger charge is -2.22. The fraction of sp³-hybridized carbons (Fsp3) is 0.400. The van der Waals surface area contributed by atoms with E-state index in [0.29, 0.717) is 6.54 Å². The minimum atomic E-state index is -0.212. The molecule has 2 aromatic rings. The number of halogens is 1. The second kappa shape index (κ2) is 5.39. The van der Waals surface area contributed by atoms with Gasteiger partial charge in [-0.25, -0.2) is 9.37 Å². The molecule has 0 amide bonds. The van der Waals surface area contributed by atoms with E-state index in [2.05, 4.69) is 18.8 Å². The van der Waals surface area contributed by atoms with E-state index in [1.54, 1.807) is 11.3 Å². The molecule has 1 heterocycles. The van der Waals surface area contributed by atoms with E-state index in [-0.39, 0.29) is 11.2 Å². The first kappa shape index (κ1) is 14.2. The van der Waals surface area contributed by atoms with E-state index < -0.39 is 0 Å². The summed E-state index contributed by atoms with van der Waals surface area (Å²) in [5.74, 6) is -0.210. The maximum Gasteiger partial charge on any atom is 0.123 e. The van der Waals surface area contributed by atoms with E-state index in [1.165, 1.54) is 17.0 Å². The van der Waals surface area contributed by atoms with Gasteiger partial charge in [0.1, 0.15) is 10.8 Å². The number of thiazole rings is 1. The van der Waals surface area contributed by atoms with E-state index >= 15 is 0 Å². The van der Waals surface area contributed by atoms with Gasteiger partial charge in [-0.15, -0.1) is 11.3 Å². The standard InChI is InChI=1S/C15H19FN2S/c1-10-13(8-9-17)19-14(18-10)15(2,3)11-4-6-12(16)7-5-11/h4-7H,8-9,17H2,1-3H3. The molecule has 0 saturated heterocycles. The quantitative estimate of drug-likeness (QED) is 0.930. The molecule has 0 saturated carbocycles. The molecule has 0 unspecified atom stereocenters. The van der Waals surface area contributed by atoms with Gasteiger partial charge in [-0.05, 0) is 51.4 Å². The molecule has 0 aliphatic carbocycles. The van der Waals surface area contributed by atoms with Crippen LogP contribution in [-0.4, -0.2) is 11.5 Å². The molecule has 2 rings (SSSR count). The Morgan fingerprint density at radius 3 is 2.47 bits per heavy atom. The maximum atomic E-state index is 13.0. The van der Waals surface area contributed by atoms with Crippen molar-refractivity contribution in [2.45, 2.75) is 32.6 Å². The van der Waals surface area contributed by atoms with Crippen molar-refractivity contribution in [2.24, 2.45) is 5.73 Å². The zero-order valence-electron chi connectivity index (χ0n) is 11.5. The van der Waals surface area contributed by atoms with Crippen LogP contribution in [-0.2, 0) is 11.8 Å². The zero-order valence-corrected chi connectivity index (χ0v) is 12.4. The number of hydrogen-bond acceptors (Lipinski definition) is 3. The summed E-state index contributed by atoms with van der Waals surface area (Å²) < 4.78 is 13.0. The van der Waals surface area contributed by atoms with Gasteiger partial charge in [0, 0.05) is 10.3 Å². The largest absolute Gasteiger partial charge is 0.330 e. The number of aryl methyl sites for hydroxylation is 1. The molecule has 1 aromatic carbocycles. The van der Waals surface area contributed by atoms with Crippen LogP contribution >= 0.6 is 11.3 Å². The molecule has 0 radical (unpaired) electrons. The Hall–Kier alpha value is -1.26. The summed E-state index contributed by atoms with van der Waals surface area (Å²) in [5, 5.41) is 1.06. The van der Waals surface area contributed by atoms with E-state index in [1.807, 2.05) is 19.1 Å². The summed E-state index contributed by atoms with van der Waals surface area (Å²) in [6, 6.07) is 6.65. The van der Waals surface area contributed by atoms with Crippen molar-refractivity contribution in [1.82, 2.24) is 4.98 Å². The summed E-state index contributed by atoms with van der Waals surface area (Å²) in [5.41, 5.74) is 7.53.